The fraction of sp³-hybridized carbons (Fsp3) is 0.0625. The van der Waals surface area contributed by atoms with Gasteiger partial charge in [-0.3, -0.25) is 10.1 Å². The average molecular weight is 311 g/mol. The van der Waals surface area contributed by atoms with Crippen molar-refractivity contribution in [2.45, 2.75) is 0 Å². The summed E-state index contributed by atoms with van der Waals surface area (Å²) in [6, 6.07) is 15.2. The fourth-order valence-corrected chi connectivity index (χ4v) is 2.21. The lowest BCUT2D eigenvalue weighted by Gasteiger charge is -2.10. The van der Waals surface area contributed by atoms with Gasteiger partial charge in [0.05, 0.1) is 21.9 Å². The van der Waals surface area contributed by atoms with Crippen molar-refractivity contribution in [3.05, 3.63) is 76.0 Å². The second-order valence-electron chi connectivity index (χ2n) is 4.85. The van der Waals surface area contributed by atoms with Crippen LogP contribution in [0.25, 0.3) is 5.57 Å². The van der Waals surface area contributed by atoms with Gasteiger partial charge in [0.1, 0.15) is 6.61 Å². The van der Waals surface area contributed by atoms with E-state index in [1.54, 1.807) is 12.1 Å². The van der Waals surface area contributed by atoms with Crippen LogP contribution in [0.2, 0.25) is 0 Å². The number of hydrogen-bond donors (Lipinski definition) is 2. The van der Waals surface area contributed by atoms with Crippen molar-refractivity contribution in [3.63, 3.8) is 0 Å². The average Bonchev–Trinajstić information content (AvgIpc) is 2.95. The number of nitro benzene ring substituents is 1. The highest BCUT2D eigenvalue weighted by Crippen LogP contribution is 2.24. The first-order valence-electron chi connectivity index (χ1n) is 6.87. The highest BCUT2D eigenvalue weighted by atomic mass is 16.6. The second kappa shape index (κ2) is 6.18. The number of benzene rings is 2. The molecule has 0 spiro atoms. The van der Waals surface area contributed by atoms with Crippen LogP contribution >= 0.6 is 0 Å². The van der Waals surface area contributed by atoms with Gasteiger partial charge in [0.25, 0.3) is 5.69 Å². The standard InChI is InChI=1S/C16H13N3O4/c20-16-15(11-4-2-1-3-5-11)14(10-23-16)18-17-12-6-8-13(9-7-12)19(21)22/h1-9,17-18H,10H2. The van der Waals surface area contributed by atoms with Gasteiger partial charge in [-0.25, -0.2) is 4.79 Å². The normalized spacial score (nSPS) is 13.7. The predicted molar refractivity (Wildman–Crippen MR) is 84.2 cm³/mol. The summed E-state index contributed by atoms with van der Waals surface area (Å²) in [6.45, 7) is 0.142. The zero-order valence-electron chi connectivity index (χ0n) is 12.0. The molecule has 0 saturated heterocycles. The van der Waals surface area contributed by atoms with Crippen LogP contribution in [0.5, 0.6) is 0 Å². The van der Waals surface area contributed by atoms with E-state index in [2.05, 4.69) is 10.9 Å². The van der Waals surface area contributed by atoms with Crippen LogP contribution in [0, 0.1) is 10.1 Å². The number of rotatable bonds is 5. The van der Waals surface area contributed by atoms with Crippen LogP contribution in [-0.4, -0.2) is 17.5 Å². The number of carbonyl (C=O) groups excluding carboxylic acids is 1. The summed E-state index contributed by atoms with van der Waals surface area (Å²) < 4.78 is 5.07. The first-order valence-corrected chi connectivity index (χ1v) is 6.87. The Hall–Kier alpha value is -3.35. The molecule has 1 aliphatic rings. The molecule has 0 amide bonds. The van der Waals surface area contributed by atoms with Crippen LogP contribution in [0.1, 0.15) is 5.56 Å². The van der Waals surface area contributed by atoms with Crippen LogP contribution in [0.3, 0.4) is 0 Å². The molecule has 0 aromatic heterocycles. The number of anilines is 1. The molecular formula is C16H13N3O4. The molecule has 3 rings (SSSR count). The van der Waals surface area contributed by atoms with Crippen molar-refractivity contribution in [2.24, 2.45) is 0 Å². The molecular weight excluding hydrogens is 298 g/mol. The number of nitrogens with zero attached hydrogens (tertiary/aromatic N) is 1. The summed E-state index contributed by atoms with van der Waals surface area (Å²) in [6.07, 6.45) is 0. The van der Waals surface area contributed by atoms with Crippen molar-refractivity contribution < 1.29 is 14.5 Å². The molecule has 0 aliphatic carbocycles. The number of esters is 1. The monoisotopic (exact) mass is 311 g/mol. The Labute approximate surface area is 131 Å². The first-order chi connectivity index (χ1) is 11.1. The smallest absolute Gasteiger partial charge is 0.341 e. The Kier molecular flexibility index (Phi) is 3.92. The van der Waals surface area contributed by atoms with Crippen molar-refractivity contribution in [1.82, 2.24) is 5.43 Å². The van der Waals surface area contributed by atoms with Gasteiger partial charge in [-0.2, -0.15) is 0 Å². The van der Waals surface area contributed by atoms with E-state index >= 15 is 0 Å². The molecule has 0 unspecified atom stereocenters. The van der Waals surface area contributed by atoms with Crippen molar-refractivity contribution in [3.8, 4) is 0 Å². The van der Waals surface area contributed by atoms with E-state index in [0.717, 1.165) is 5.56 Å². The number of hydrogen-bond acceptors (Lipinski definition) is 6. The van der Waals surface area contributed by atoms with Gasteiger partial charge in [0, 0.05) is 12.1 Å². The maximum atomic E-state index is 11.9. The van der Waals surface area contributed by atoms with Crippen LogP contribution in [0.4, 0.5) is 11.4 Å². The van der Waals surface area contributed by atoms with Crippen molar-refractivity contribution in [1.29, 1.82) is 0 Å². The molecule has 0 saturated carbocycles. The highest BCUT2D eigenvalue weighted by molar-refractivity contribution is 6.19. The molecule has 23 heavy (non-hydrogen) atoms. The summed E-state index contributed by atoms with van der Waals surface area (Å²) in [4.78, 5) is 22.1. The van der Waals surface area contributed by atoms with E-state index in [4.69, 9.17) is 4.74 Å². The van der Waals surface area contributed by atoms with Crippen LogP contribution < -0.4 is 10.9 Å². The molecule has 1 heterocycles. The summed E-state index contributed by atoms with van der Waals surface area (Å²) in [7, 11) is 0. The van der Waals surface area contributed by atoms with Crippen LogP contribution in [-0.2, 0) is 9.53 Å². The topological polar surface area (TPSA) is 93.5 Å². The maximum absolute atomic E-state index is 11.9. The minimum absolute atomic E-state index is 0.0131. The Bertz CT molecular complexity index is 770. The van der Waals surface area contributed by atoms with E-state index in [1.807, 2.05) is 30.3 Å². The Balaban J connectivity index is 1.77. The maximum Gasteiger partial charge on any atom is 0.341 e. The predicted octanol–water partition coefficient (Wildman–Crippen LogP) is 2.48. The Morgan fingerprint density at radius 2 is 1.70 bits per heavy atom. The molecule has 7 heteroatoms. The van der Waals surface area contributed by atoms with E-state index in [9.17, 15) is 14.9 Å². The molecule has 1 aliphatic heterocycles. The summed E-state index contributed by atoms with van der Waals surface area (Å²) in [5.41, 5.74) is 8.35. The highest BCUT2D eigenvalue weighted by Gasteiger charge is 2.26. The number of nitrogens with one attached hydrogen (secondary N) is 2. The fourth-order valence-electron chi connectivity index (χ4n) is 2.21. The number of nitro groups is 1. The lowest BCUT2D eigenvalue weighted by atomic mass is 10.1. The molecule has 0 fully saturated rings. The van der Waals surface area contributed by atoms with Crippen LogP contribution in [0.15, 0.2) is 60.3 Å². The third-order valence-electron chi connectivity index (χ3n) is 3.35. The largest absolute Gasteiger partial charge is 0.456 e. The number of hydrazine groups is 1. The molecule has 7 nitrogen and oxygen atoms in total. The van der Waals surface area contributed by atoms with E-state index < -0.39 is 4.92 Å². The minimum atomic E-state index is -0.462. The van der Waals surface area contributed by atoms with Gasteiger partial charge in [-0.05, 0) is 17.7 Å². The summed E-state index contributed by atoms with van der Waals surface area (Å²) >= 11 is 0. The van der Waals surface area contributed by atoms with Gasteiger partial charge in [0.15, 0.2) is 0 Å². The SMILES string of the molecule is O=C1OCC(NNc2ccc([N+](=O)[O-])cc2)=C1c1ccccc1. The molecule has 2 aromatic rings. The van der Waals surface area contributed by atoms with E-state index in [0.29, 0.717) is 17.0 Å². The quantitative estimate of drug-likeness (QED) is 0.500. The number of cyclic esters (lactones) is 1. The van der Waals surface area contributed by atoms with Crippen molar-refractivity contribution in [2.75, 3.05) is 12.0 Å². The molecule has 0 radical (unpaired) electrons. The van der Waals surface area contributed by atoms with E-state index in [-0.39, 0.29) is 18.3 Å². The van der Waals surface area contributed by atoms with Gasteiger partial charge in [-0.15, -0.1) is 0 Å². The van der Waals surface area contributed by atoms with Gasteiger partial charge in [-0.1, -0.05) is 30.3 Å². The lowest BCUT2D eigenvalue weighted by Crippen LogP contribution is -2.22. The molecule has 2 aromatic carbocycles. The Morgan fingerprint density at radius 1 is 1.00 bits per heavy atom. The minimum Gasteiger partial charge on any atom is -0.456 e. The zero-order chi connectivity index (χ0) is 16.2. The third kappa shape index (κ3) is 3.13. The zero-order valence-corrected chi connectivity index (χ0v) is 12.0. The van der Waals surface area contributed by atoms with Gasteiger partial charge < -0.3 is 15.6 Å². The number of non-ortho nitro benzene ring substituents is 1. The second-order valence-corrected chi connectivity index (χ2v) is 4.85. The number of carbonyl (C=O) groups is 1. The summed E-state index contributed by atoms with van der Waals surface area (Å²) in [5, 5.41) is 10.6. The molecule has 2 N–H and O–H groups in total. The third-order valence-corrected chi connectivity index (χ3v) is 3.35. The van der Waals surface area contributed by atoms with Gasteiger partial charge >= 0.3 is 5.97 Å². The van der Waals surface area contributed by atoms with E-state index in [1.165, 1.54) is 12.1 Å². The summed E-state index contributed by atoms with van der Waals surface area (Å²) in [5.74, 6) is -0.385. The molecule has 0 bridgehead atoms. The molecule has 116 valence electrons. The Morgan fingerprint density at radius 3 is 2.35 bits per heavy atom. The molecule has 0 atom stereocenters. The lowest BCUT2D eigenvalue weighted by molar-refractivity contribution is -0.384. The van der Waals surface area contributed by atoms with Gasteiger partial charge in [0.2, 0.25) is 0 Å². The first kappa shape index (κ1) is 14.6. The van der Waals surface area contributed by atoms with Crippen molar-refractivity contribution >= 4 is 22.9 Å². The number of ether oxygens (including phenoxy) is 1.